The van der Waals surface area contributed by atoms with Crippen molar-refractivity contribution in [1.82, 2.24) is 19.6 Å². The maximum absolute atomic E-state index is 12.4. The van der Waals surface area contributed by atoms with Crippen LogP contribution in [0.25, 0.3) is 10.6 Å². The molecule has 0 aromatic carbocycles. The van der Waals surface area contributed by atoms with Crippen LogP contribution in [0.2, 0.25) is 0 Å². The Morgan fingerprint density at radius 3 is 2.92 bits per heavy atom. The predicted molar refractivity (Wildman–Crippen MR) is 98.5 cm³/mol. The maximum Gasteiger partial charge on any atom is 0.247 e. The molecule has 130 valence electrons. The fourth-order valence-electron chi connectivity index (χ4n) is 3.36. The van der Waals surface area contributed by atoms with Crippen LogP contribution in [-0.4, -0.2) is 25.5 Å². The van der Waals surface area contributed by atoms with E-state index in [0.717, 1.165) is 29.2 Å². The molecule has 7 heteroatoms. The van der Waals surface area contributed by atoms with E-state index >= 15 is 0 Å². The number of anilines is 1. The third-order valence-corrected chi connectivity index (χ3v) is 5.47. The fourth-order valence-corrected chi connectivity index (χ4v) is 4.06. The molecular formula is C18H21N5OS. The topological polar surface area (TPSA) is 64.7 Å². The molecule has 1 aliphatic rings. The molecule has 4 rings (SSSR count). The molecule has 0 bridgehead atoms. The largest absolute Gasteiger partial charge is 0.309 e. The smallest absolute Gasteiger partial charge is 0.247 e. The molecule has 0 spiro atoms. The van der Waals surface area contributed by atoms with Crippen LogP contribution in [0.4, 0.5) is 5.82 Å². The van der Waals surface area contributed by atoms with Crippen LogP contribution < -0.4 is 5.32 Å². The fraction of sp³-hybridized carbons (Fsp3) is 0.389. The zero-order valence-electron chi connectivity index (χ0n) is 14.0. The van der Waals surface area contributed by atoms with Gasteiger partial charge in [-0.25, -0.2) is 4.68 Å². The molecule has 0 atom stereocenters. The van der Waals surface area contributed by atoms with Gasteiger partial charge in [0.25, 0.3) is 0 Å². The molecule has 0 unspecified atom stereocenters. The van der Waals surface area contributed by atoms with Gasteiger partial charge in [-0.15, -0.1) is 11.3 Å². The van der Waals surface area contributed by atoms with Gasteiger partial charge in [0.15, 0.2) is 0 Å². The summed E-state index contributed by atoms with van der Waals surface area (Å²) in [6.07, 6.45) is 9.63. The Balaban J connectivity index is 1.40. The van der Waals surface area contributed by atoms with E-state index in [2.05, 4.69) is 15.5 Å². The van der Waals surface area contributed by atoms with Crippen LogP contribution in [0.15, 0.2) is 42.0 Å². The zero-order valence-corrected chi connectivity index (χ0v) is 14.8. The molecule has 1 amide bonds. The van der Waals surface area contributed by atoms with Gasteiger partial charge in [-0.05, 0) is 30.4 Å². The Hall–Kier alpha value is -2.41. The number of nitrogens with zero attached hydrogens (tertiary/aromatic N) is 4. The number of carbonyl (C=O) groups excluding carboxylic acids is 1. The van der Waals surface area contributed by atoms with E-state index in [4.69, 9.17) is 0 Å². The predicted octanol–water partition coefficient (Wildman–Crippen LogP) is 3.95. The minimum absolute atomic E-state index is 0.0848. The lowest BCUT2D eigenvalue weighted by molar-refractivity contribution is -0.116. The van der Waals surface area contributed by atoms with Crippen LogP contribution in [0.3, 0.4) is 0 Å². The van der Waals surface area contributed by atoms with Crippen LogP contribution >= 0.6 is 11.3 Å². The quantitative estimate of drug-likeness (QED) is 0.753. The summed E-state index contributed by atoms with van der Waals surface area (Å²) in [5.74, 6) is 0.695. The van der Waals surface area contributed by atoms with Gasteiger partial charge in [-0.1, -0.05) is 25.3 Å². The van der Waals surface area contributed by atoms with Gasteiger partial charge < -0.3 is 5.32 Å². The number of aromatic nitrogens is 4. The lowest BCUT2D eigenvalue weighted by atomic mass is 9.96. The average molecular weight is 355 g/mol. The Bertz CT molecular complexity index is 829. The molecule has 1 aliphatic carbocycles. The molecule has 6 nitrogen and oxygen atoms in total. The number of nitrogens with one attached hydrogen (secondary N) is 1. The van der Waals surface area contributed by atoms with E-state index in [9.17, 15) is 4.79 Å². The van der Waals surface area contributed by atoms with Crippen molar-refractivity contribution in [3.63, 3.8) is 0 Å². The van der Waals surface area contributed by atoms with Crippen LogP contribution in [-0.2, 0) is 11.3 Å². The molecule has 3 heterocycles. The summed E-state index contributed by atoms with van der Waals surface area (Å²) in [7, 11) is 0. The maximum atomic E-state index is 12.4. The van der Waals surface area contributed by atoms with E-state index in [1.807, 2.05) is 40.5 Å². The van der Waals surface area contributed by atoms with E-state index < -0.39 is 0 Å². The summed E-state index contributed by atoms with van der Waals surface area (Å²) in [5, 5.41) is 13.9. The lowest BCUT2D eigenvalue weighted by Gasteiger charge is -2.23. The van der Waals surface area contributed by atoms with Crippen molar-refractivity contribution in [2.24, 2.45) is 0 Å². The molecular weight excluding hydrogens is 334 g/mol. The van der Waals surface area contributed by atoms with Gasteiger partial charge in [-0.2, -0.15) is 10.2 Å². The van der Waals surface area contributed by atoms with E-state index in [0.29, 0.717) is 6.04 Å². The highest BCUT2D eigenvalue weighted by molar-refractivity contribution is 7.13. The molecule has 25 heavy (non-hydrogen) atoms. The van der Waals surface area contributed by atoms with Crippen molar-refractivity contribution < 1.29 is 4.79 Å². The van der Waals surface area contributed by atoms with Crippen LogP contribution in [0.5, 0.6) is 0 Å². The number of thiophene rings is 1. The Morgan fingerprint density at radius 2 is 2.12 bits per heavy atom. The second kappa shape index (κ2) is 7.23. The van der Waals surface area contributed by atoms with Crippen molar-refractivity contribution in [3.05, 3.63) is 42.0 Å². The third-order valence-electron chi connectivity index (χ3n) is 4.58. The number of hydrogen-bond acceptors (Lipinski definition) is 4. The first-order chi connectivity index (χ1) is 12.3. The normalized spacial score (nSPS) is 15.4. The molecule has 1 N–H and O–H groups in total. The van der Waals surface area contributed by atoms with E-state index in [1.165, 1.54) is 19.3 Å². The lowest BCUT2D eigenvalue weighted by Crippen LogP contribution is -2.23. The summed E-state index contributed by atoms with van der Waals surface area (Å²) in [6, 6.07) is 8.23. The van der Waals surface area contributed by atoms with Crippen molar-refractivity contribution in [2.75, 3.05) is 5.32 Å². The minimum atomic E-state index is -0.0848. The summed E-state index contributed by atoms with van der Waals surface area (Å²) >= 11 is 1.64. The Kier molecular flexibility index (Phi) is 4.65. The summed E-state index contributed by atoms with van der Waals surface area (Å²) < 4.78 is 3.64. The summed E-state index contributed by atoms with van der Waals surface area (Å²) in [4.78, 5) is 13.5. The molecule has 3 aromatic heterocycles. The van der Waals surface area contributed by atoms with Gasteiger partial charge >= 0.3 is 0 Å². The molecule has 1 fully saturated rings. The number of amides is 1. The van der Waals surface area contributed by atoms with Crippen molar-refractivity contribution >= 4 is 23.1 Å². The molecule has 0 radical (unpaired) electrons. The van der Waals surface area contributed by atoms with Gasteiger partial charge in [0, 0.05) is 12.3 Å². The second-order valence-corrected chi connectivity index (χ2v) is 7.32. The molecule has 1 saturated carbocycles. The van der Waals surface area contributed by atoms with Gasteiger partial charge in [-0.3, -0.25) is 9.48 Å². The van der Waals surface area contributed by atoms with Crippen LogP contribution in [0, 0.1) is 0 Å². The van der Waals surface area contributed by atoms with E-state index in [-0.39, 0.29) is 12.5 Å². The Morgan fingerprint density at radius 1 is 1.24 bits per heavy atom. The minimum Gasteiger partial charge on any atom is -0.309 e. The first-order valence-electron chi connectivity index (χ1n) is 8.70. The number of carbonyl (C=O) groups is 1. The van der Waals surface area contributed by atoms with E-state index in [1.54, 1.807) is 22.2 Å². The zero-order chi connectivity index (χ0) is 17.1. The first-order valence-corrected chi connectivity index (χ1v) is 9.58. The molecule has 3 aromatic rings. The highest BCUT2D eigenvalue weighted by Gasteiger charge is 2.19. The first kappa shape index (κ1) is 16.1. The molecule has 0 aliphatic heterocycles. The summed E-state index contributed by atoms with van der Waals surface area (Å²) in [5.41, 5.74) is 0.898. The van der Waals surface area contributed by atoms with Crippen molar-refractivity contribution in [2.45, 2.75) is 44.7 Å². The number of rotatable bonds is 5. The van der Waals surface area contributed by atoms with Crippen molar-refractivity contribution in [3.8, 4) is 10.6 Å². The third kappa shape index (κ3) is 3.66. The summed E-state index contributed by atoms with van der Waals surface area (Å²) in [6.45, 7) is 0.196. The highest BCUT2D eigenvalue weighted by atomic mass is 32.1. The second-order valence-electron chi connectivity index (χ2n) is 6.38. The molecule has 0 saturated heterocycles. The highest BCUT2D eigenvalue weighted by Crippen LogP contribution is 2.30. The average Bonchev–Trinajstić information content (AvgIpc) is 3.37. The van der Waals surface area contributed by atoms with Crippen LogP contribution in [0.1, 0.15) is 38.1 Å². The SMILES string of the molecule is O=C(Cn1ccc(-c2cccs2)n1)Nc1ccnn1C1CCCCC1. The van der Waals surface area contributed by atoms with Gasteiger partial charge in [0.1, 0.15) is 18.1 Å². The van der Waals surface area contributed by atoms with Gasteiger partial charge in [0.2, 0.25) is 5.91 Å². The standard InChI is InChI=1S/C18H21N5OS/c24-18(13-22-11-9-15(21-22)16-7-4-12-25-16)20-17-8-10-19-23(17)14-5-2-1-3-6-14/h4,7-12,14H,1-3,5-6,13H2,(H,20,24). The Labute approximate surface area is 150 Å². The van der Waals surface area contributed by atoms with Crippen molar-refractivity contribution in [1.29, 1.82) is 0 Å². The number of hydrogen-bond donors (Lipinski definition) is 1. The van der Waals surface area contributed by atoms with Gasteiger partial charge in [0.05, 0.1) is 17.1 Å². The monoisotopic (exact) mass is 355 g/mol.